The molecule has 0 aliphatic heterocycles. The maximum atomic E-state index is 12.4. The Bertz CT molecular complexity index is 563. The maximum Gasteiger partial charge on any atom is 0.306 e. The van der Waals surface area contributed by atoms with E-state index >= 15 is 0 Å². The molecule has 0 heterocycles. The number of carbonyl (C=O) groups excluding carboxylic acids is 3. The van der Waals surface area contributed by atoms with Crippen molar-refractivity contribution in [2.75, 3.05) is 26.6 Å². The summed E-state index contributed by atoms with van der Waals surface area (Å²) in [4.78, 5) is 37.2. The van der Waals surface area contributed by atoms with Gasteiger partial charge in [-0.1, -0.05) is 30.8 Å². The largest absolute Gasteiger partial charge is 0.454 e. The molecule has 1 rings (SSSR count). The van der Waals surface area contributed by atoms with Gasteiger partial charge in [-0.25, -0.2) is 0 Å². The molecule has 0 saturated carbocycles. The van der Waals surface area contributed by atoms with Crippen molar-refractivity contribution < 1.29 is 19.1 Å². The Kier molecular flexibility index (Phi) is 8.18. The summed E-state index contributed by atoms with van der Waals surface area (Å²) in [7, 11) is 3.09. The maximum absolute atomic E-state index is 12.4. The minimum absolute atomic E-state index is 0.0141. The second kappa shape index (κ2) is 9.89. The van der Waals surface area contributed by atoms with Gasteiger partial charge in [-0.3, -0.25) is 14.4 Å². The summed E-state index contributed by atoms with van der Waals surface area (Å²) < 4.78 is 5.10. The van der Waals surface area contributed by atoms with Crippen LogP contribution >= 0.6 is 11.8 Å². The highest BCUT2D eigenvalue weighted by Crippen LogP contribution is 2.24. The number of nitrogens with zero attached hydrogens (tertiary/aromatic N) is 1. The first-order valence-corrected chi connectivity index (χ1v) is 8.31. The number of nitrogens with one attached hydrogen (secondary N) is 1. The first kappa shape index (κ1) is 19.0. The summed E-state index contributed by atoms with van der Waals surface area (Å²) in [6, 6.07) is 7.05. The molecule has 6 nitrogen and oxygen atoms in total. The molecule has 0 unspecified atom stereocenters. The van der Waals surface area contributed by atoms with E-state index < -0.39 is 0 Å². The van der Waals surface area contributed by atoms with Gasteiger partial charge in [-0.05, 0) is 18.6 Å². The molecule has 1 aromatic rings. The first-order chi connectivity index (χ1) is 11.0. The fraction of sp³-hybridized carbons (Fsp3) is 0.438. The van der Waals surface area contributed by atoms with Crippen molar-refractivity contribution in [3.05, 3.63) is 29.8 Å². The first-order valence-electron chi connectivity index (χ1n) is 7.33. The van der Waals surface area contributed by atoms with Crippen LogP contribution in [0.3, 0.4) is 0 Å². The lowest BCUT2D eigenvalue weighted by atomic mass is 10.2. The van der Waals surface area contributed by atoms with Crippen LogP contribution in [0.15, 0.2) is 29.2 Å². The smallest absolute Gasteiger partial charge is 0.306 e. The monoisotopic (exact) mass is 338 g/mol. The molecule has 0 radical (unpaired) electrons. The van der Waals surface area contributed by atoms with E-state index in [9.17, 15) is 14.4 Å². The van der Waals surface area contributed by atoms with Crippen molar-refractivity contribution >= 4 is 29.5 Å². The third-order valence-corrected chi connectivity index (χ3v) is 3.91. The Labute approximate surface area is 140 Å². The molecule has 0 atom stereocenters. The van der Waals surface area contributed by atoms with E-state index in [2.05, 4.69) is 5.32 Å². The number of carbonyl (C=O) groups is 3. The summed E-state index contributed by atoms with van der Waals surface area (Å²) in [6.45, 7) is 1.89. The van der Waals surface area contributed by atoms with Crippen LogP contribution in [0, 0.1) is 0 Å². The number of amides is 2. The average molecular weight is 338 g/mol. The molecule has 0 saturated heterocycles. The molecule has 0 fully saturated rings. The highest BCUT2D eigenvalue weighted by atomic mass is 32.2. The van der Waals surface area contributed by atoms with Gasteiger partial charge < -0.3 is 15.0 Å². The molecular formula is C16H22N2O4S. The Hall–Kier alpha value is -2.02. The lowest BCUT2D eigenvalue weighted by Gasteiger charge is -2.18. The molecule has 23 heavy (non-hydrogen) atoms. The summed E-state index contributed by atoms with van der Waals surface area (Å²) in [5.74, 6) is -0.584. The Morgan fingerprint density at radius 1 is 1.26 bits per heavy atom. The fourth-order valence-electron chi connectivity index (χ4n) is 1.78. The summed E-state index contributed by atoms with van der Waals surface area (Å²) in [5.41, 5.74) is 0.482. The van der Waals surface area contributed by atoms with Gasteiger partial charge in [-0.2, -0.15) is 0 Å². The van der Waals surface area contributed by atoms with Crippen LogP contribution in [-0.4, -0.2) is 49.3 Å². The standard InChI is InChI=1S/C16H22N2O4S/c1-4-7-15(20)22-11-23-13-9-6-5-8-12(13)16(21)18(3)10-14(19)17-2/h5-6,8-9H,4,7,10-11H2,1-3H3,(H,17,19). The number of rotatable bonds is 8. The molecule has 2 amide bonds. The zero-order chi connectivity index (χ0) is 17.2. The average Bonchev–Trinajstić information content (AvgIpc) is 2.54. The van der Waals surface area contributed by atoms with E-state index in [-0.39, 0.29) is 30.3 Å². The van der Waals surface area contributed by atoms with Crippen molar-refractivity contribution in [3.63, 3.8) is 0 Å². The number of hydrogen-bond donors (Lipinski definition) is 1. The van der Waals surface area contributed by atoms with E-state index in [1.807, 2.05) is 13.0 Å². The number of hydrogen-bond acceptors (Lipinski definition) is 5. The molecule has 1 aromatic carbocycles. The molecule has 0 aliphatic rings. The van der Waals surface area contributed by atoms with Crippen LogP contribution in [0.25, 0.3) is 0 Å². The SMILES string of the molecule is CCCC(=O)OCSc1ccccc1C(=O)N(C)CC(=O)NC. The lowest BCUT2D eigenvalue weighted by Crippen LogP contribution is -2.37. The second-order valence-electron chi connectivity index (χ2n) is 4.86. The topological polar surface area (TPSA) is 75.7 Å². The van der Waals surface area contributed by atoms with Crippen molar-refractivity contribution in [2.45, 2.75) is 24.7 Å². The van der Waals surface area contributed by atoms with E-state index in [1.165, 1.54) is 23.7 Å². The summed E-state index contributed by atoms with van der Waals surface area (Å²) in [5, 5.41) is 2.48. The quantitative estimate of drug-likeness (QED) is 0.445. The van der Waals surface area contributed by atoms with Crippen LogP contribution in [0.4, 0.5) is 0 Å². The predicted octanol–water partition coefficient (Wildman–Crippen LogP) is 1.90. The van der Waals surface area contributed by atoms with Crippen LogP contribution in [-0.2, 0) is 14.3 Å². The molecule has 0 aliphatic carbocycles. The van der Waals surface area contributed by atoms with Crippen LogP contribution < -0.4 is 5.32 Å². The van der Waals surface area contributed by atoms with E-state index in [0.717, 1.165) is 6.42 Å². The van der Waals surface area contributed by atoms with Gasteiger partial charge in [0.05, 0.1) is 12.1 Å². The molecule has 0 spiro atoms. The Morgan fingerprint density at radius 2 is 1.96 bits per heavy atom. The number of ether oxygens (including phenoxy) is 1. The van der Waals surface area contributed by atoms with Gasteiger partial charge in [0, 0.05) is 25.4 Å². The molecule has 126 valence electrons. The number of benzene rings is 1. The van der Waals surface area contributed by atoms with Gasteiger partial charge in [-0.15, -0.1) is 0 Å². The third-order valence-electron chi connectivity index (χ3n) is 3.01. The highest BCUT2D eigenvalue weighted by molar-refractivity contribution is 7.99. The Balaban J connectivity index is 2.71. The Morgan fingerprint density at radius 3 is 2.61 bits per heavy atom. The zero-order valence-electron chi connectivity index (χ0n) is 13.6. The number of esters is 1. The molecular weight excluding hydrogens is 316 g/mol. The van der Waals surface area contributed by atoms with Gasteiger partial charge in [0.25, 0.3) is 5.91 Å². The van der Waals surface area contributed by atoms with Gasteiger partial charge in [0.2, 0.25) is 5.91 Å². The number of likely N-dealkylation sites (N-methyl/N-ethyl adjacent to an activating group) is 2. The van der Waals surface area contributed by atoms with Crippen molar-refractivity contribution in [3.8, 4) is 0 Å². The van der Waals surface area contributed by atoms with E-state index in [4.69, 9.17) is 4.74 Å². The summed E-state index contributed by atoms with van der Waals surface area (Å²) >= 11 is 1.28. The normalized spacial score (nSPS) is 10.0. The number of thioether (sulfide) groups is 1. The lowest BCUT2D eigenvalue weighted by molar-refractivity contribution is -0.141. The van der Waals surface area contributed by atoms with Crippen LogP contribution in [0.1, 0.15) is 30.1 Å². The minimum atomic E-state index is -0.253. The third kappa shape index (κ3) is 6.32. The van der Waals surface area contributed by atoms with Gasteiger partial charge in [0.15, 0.2) is 0 Å². The van der Waals surface area contributed by atoms with Crippen LogP contribution in [0.2, 0.25) is 0 Å². The minimum Gasteiger partial charge on any atom is -0.454 e. The van der Waals surface area contributed by atoms with Gasteiger partial charge >= 0.3 is 5.97 Å². The molecule has 7 heteroatoms. The van der Waals surface area contributed by atoms with Crippen LogP contribution in [0.5, 0.6) is 0 Å². The molecule has 0 aromatic heterocycles. The van der Waals surface area contributed by atoms with Crippen molar-refractivity contribution in [1.82, 2.24) is 10.2 Å². The zero-order valence-corrected chi connectivity index (χ0v) is 14.4. The predicted molar refractivity (Wildman–Crippen MR) is 89.2 cm³/mol. The van der Waals surface area contributed by atoms with E-state index in [1.54, 1.807) is 25.2 Å². The van der Waals surface area contributed by atoms with Crippen molar-refractivity contribution in [1.29, 1.82) is 0 Å². The fourth-order valence-corrected chi connectivity index (χ4v) is 2.58. The van der Waals surface area contributed by atoms with Gasteiger partial charge in [0.1, 0.15) is 5.94 Å². The van der Waals surface area contributed by atoms with Crippen molar-refractivity contribution in [2.24, 2.45) is 0 Å². The summed E-state index contributed by atoms with van der Waals surface area (Å²) in [6.07, 6.45) is 1.12. The second-order valence-corrected chi connectivity index (χ2v) is 5.82. The van der Waals surface area contributed by atoms with E-state index in [0.29, 0.717) is 16.9 Å². The molecule has 1 N–H and O–H groups in total. The molecule has 0 bridgehead atoms. The highest BCUT2D eigenvalue weighted by Gasteiger charge is 2.17.